The molecule has 0 aliphatic rings. The van der Waals surface area contributed by atoms with Crippen molar-refractivity contribution < 1.29 is 4.79 Å². The molecule has 4 nitrogen and oxygen atoms in total. The molecule has 0 saturated carbocycles. The number of nitrogens with zero attached hydrogens (tertiary/aromatic N) is 2. The zero-order valence-electron chi connectivity index (χ0n) is 11.0. The first-order valence-electron chi connectivity index (χ1n) is 6.45. The van der Waals surface area contributed by atoms with E-state index in [-0.39, 0.29) is 5.91 Å². The average molecular weight is 362 g/mol. The lowest BCUT2D eigenvalue weighted by Crippen LogP contribution is -2.25. The van der Waals surface area contributed by atoms with Gasteiger partial charge >= 0.3 is 0 Å². The Morgan fingerprint density at radius 3 is 2.95 bits per heavy atom. The summed E-state index contributed by atoms with van der Waals surface area (Å²) in [5.41, 5.74) is 1.56. The summed E-state index contributed by atoms with van der Waals surface area (Å²) in [7, 11) is 0. The van der Waals surface area contributed by atoms with Gasteiger partial charge in [-0.25, -0.2) is 4.98 Å². The van der Waals surface area contributed by atoms with Gasteiger partial charge in [-0.05, 0) is 34.1 Å². The number of hydrogen-bond acceptors (Lipinski definition) is 4. The molecule has 0 aliphatic carbocycles. The van der Waals surface area contributed by atoms with Crippen molar-refractivity contribution >= 4 is 43.4 Å². The van der Waals surface area contributed by atoms with Crippen LogP contribution in [-0.4, -0.2) is 22.4 Å². The maximum atomic E-state index is 12.0. The Bertz CT molecular complexity index is 754. The van der Waals surface area contributed by atoms with Crippen molar-refractivity contribution in [1.29, 1.82) is 0 Å². The van der Waals surface area contributed by atoms with Gasteiger partial charge in [-0.2, -0.15) is 0 Å². The lowest BCUT2D eigenvalue weighted by Gasteiger charge is -2.03. The van der Waals surface area contributed by atoms with E-state index in [0.29, 0.717) is 12.1 Å². The van der Waals surface area contributed by atoms with E-state index in [2.05, 4.69) is 37.3 Å². The Balaban J connectivity index is 1.59. The van der Waals surface area contributed by atoms with Crippen LogP contribution in [0.3, 0.4) is 0 Å². The quantitative estimate of drug-likeness (QED) is 0.774. The Kier molecular flexibility index (Phi) is 4.26. The minimum absolute atomic E-state index is 0.120. The lowest BCUT2D eigenvalue weighted by molar-refractivity contribution is 0.0953. The summed E-state index contributed by atoms with van der Waals surface area (Å²) in [6.45, 7) is 0.561. The van der Waals surface area contributed by atoms with Crippen LogP contribution in [0.5, 0.6) is 0 Å². The standard InChI is InChI=1S/C15H12BrN3OS/c16-11-7-10(8-17-9-11)15(20)18-6-5-14-19-12-3-1-2-4-13(12)21-14/h1-4,7-9H,5-6H2,(H,18,20). The van der Waals surface area contributed by atoms with Crippen molar-refractivity contribution in [2.45, 2.75) is 6.42 Å². The number of carbonyl (C=O) groups is 1. The van der Waals surface area contributed by atoms with E-state index in [1.165, 1.54) is 4.70 Å². The molecule has 21 heavy (non-hydrogen) atoms. The molecular weight excluding hydrogens is 350 g/mol. The Labute approximate surface area is 134 Å². The SMILES string of the molecule is O=C(NCCc1nc2ccccc2s1)c1cncc(Br)c1. The molecule has 6 heteroatoms. The van der Waals surface area contributed by atoms with E-state index in [1.807, 2.05) is 18.2 Å². The number of amides is 1. The van der Waals surface area contributed by atoms with E-state index >= 15 is 0 Å². The number of benzene rings is 1. The van der Waals surface area contributed by atoms with Crippen LogP contribution in [0.15, 0.2) is 47.2 Å². The van der Waals surface area contributed by atoms with Crippen LogP contribution in [0.2, 0.25) is 0 Å². The molecule has 3 aromatic rings. The number of pyridine rings is 1. The third-order valence-electron chi connectivity index (χ3n) is 2.93. The minimum atomic E-state index is -0.120. The van der Waals surface area contributed by atoms with Crippen LogP contribution in [0.1, 0.15) is 15.4 Å². The normalized spacial score (nSPS) is 10.7. The highest BCUT2D eigenvalue weighted by atomic mass is 79.9. The van der Waals surface area contributed by atoms with Gasteiger partial charge in [0.05, 0.1) is 20.8 Å². The van der Waals surface area contributed by atoms with Gasteiger partial charge in [0.1, 0.15) is 0 Å². The van der Waals surface area contributed by atoms with Crippen LogP contribution in [0.4, 0.5) is 0 Å². The highest BCUT2D eigenvalue weighted by Crippen LogP contribution is 2.21. The molecule has 1 N–H and O–H groups in total. The first-order valence-corrected chi connectivity index (χ1v) is 8.06. The monoisotopic (exact) mass is 361 g/mol. The first kappa shape index (κ1) is 14.2. The Morgan fingerprint density at radius 2 is 2.14 bits per heavy atom. The number of carbonyl (C=O) groups excluding carboxylic acids is 1. The van der Waals surface area contributed by atoms with Gasteiger partial charge in [0, 0.05) is 29.8 Å². The molecule has 0 radical (unpaired) electrons. The van der Waals surface area contributed by atoms with Gasteiger partial charge < -0.3 is 5.32 Å². The van der Waals surface area contributed by atoms with Gasteiger partial charge in [0.15, 0.2) is 0 Å². The fraction of sp³-hybridized carbons (Fsp3) is 0.133. The number of thiazole rings is 1. The molecule has 0 spiro atoms. The molecule has 0 bridgehead atoms. The lowest BCUT2D eigenvalue weighted by atomic mass is 10.2. The van der Waals surface area contributed by atoms with Crippen LogP contribution >= 0.6 is 27.3 Å². The summed E-state index contributed by atoms with van der Waals surface area (Å²) in [6.07, 6.45) is 3.93. The van der Waals surface area contributed by atoms with Crippen molar-refractivity contribution in [3.05, 3.63) is 57.8 Å². The predicted octanol–water partition coefficient (Wildman–Crippen LogP) is 3.43. The van der Waals surface area contributed by atoms with E-state index in [4.69, 9.17) is 0 Å². The molecule has 106 valence electrons. The number of nitrogens with one attached hydrogen (secondary N) is 1. The molecule has 0 atom stereocenters. The third kappa shape index (κ3) is 3.46. The predicted molar refractivity (Wildman–Crippen MR) is 87.6 cm³/mol. The van der Waals surface area contributed by atoms with Gasteiger partial charge in [0.25, 0.3) is 5.91 Å². The topological polar surface area (TPSA) is 54.9 Å². The second-order valence-corrected chi connectivity index (χ2v) is 6.50. The molecule has 2 aromatic heterocycles. The van der Waals surface area contributed by atoms with Crippen LogP contribution in [0.25, 0.3) is 10.2 Å². The van der Waals surface area contributed by atoms with E-state index in [1.54, 1.807) is 29.8 Å². The highest BCUT2D eigenvalue weighted by Gasteiger charge is 2.07. The molecule has 1 amide bonds. The maximum absolute atomic E-state index is 12.0. The van der Waals surface area contributed by atoms with Crippen LogP contribution in [-0.2, 0) is 6.42 Å². The second-order valence-electron chi connectivity index (χ2n) is 4.47. The summed E-state index contributed by atoms with van der Waals surface area (Å²) < 4.78 is 1.97. The van der Waals surface area contributed by atoms with E-state index in [9.17, 15) is 4.79 Å². The number of halogens is 1. The molecule has 1 aromatic carbocycles. The molecule has 0 fully saturated rings. The number of hydrogen-bond donors (Lipinski definition) is 1. The fourth-order valence-electron chi connectivity index (χ4n) is 1.95. The second kappa shape index (κ2) is 6.32. The van der Waals surface area contributed by atoms with Crippen molar-refractivity contribution in [3.63, 3.8) is 0 Å². The molecule has 0 saturated heterocycles. The van der Waals surface area contributed by atoms with Gasteiger partial charge in [-0.1, -0.05) is 12.1 Å². The summed E-state index contributed by atoms with van der Waals surface area (Å²) in [5, 5.41) is 3.92. The summed E-state index contributed by atoms with van der Waals surface area (Å²) in [4.78, 5) is 20.5. The smallest absolute Gasteiger partial charge is 0.252 e. The number of rotatable bonds is 4. The van der Waals surface area contributed by atoms with E-state index in [0.717, 1.165) is 21.4 Å². The summed E-state index contributed by atoms with van der Waals surface area (Å²) in [5.74, 6) is -0.120. The number of para-hydroxylation sites is 1. The number of fused-ring (bicyclic) bond motifs is 1. The summed E-state index contributed by atoms with van der Waals surface area (Å²) in [6, 6.07) is 9.80. The van der Waals surface area contributed by atoms with Crippen molar-refractivity contribution in [1.82, 2.24) is 15.3 Å². The Morgan fingerprint density at radius 1 is 1.29 bits per heavy atom. The van der Waals surface area contributed by atoms with Gasteiger partial charge in [-0.15, -0.1) is 11.3 Å². The highest BCUT2D eigenvalue weighted by molar-refractivity contribution is 9.10. The minimum Gasteiger partial charge on any atom is -0.352 e. The van der Waals surface area contributed by atoms with Gasteiger partial charge in [-0.3, -0.25) is 9.78 Å². The zero-order chi connectivity index (χ0) is 14.7. The largest absolute Gasteiger partial charge is 0.352 e. The maximum Gasteiger partial charge on any atom is 0.252 e. The average Bonchev–Trinajstić information content (AvgIpc) is 2.89. The van der Waals surface area contributed by atoms with Crippen molar-refractivity contribution in [2.75, 3.05) is 6.54 Å². The summed E-state index contributed by atoms with van der Waals surface area (Å²) >= 11 is 4.97. The number of aromatic nitrogens is 2. The molecule has 0 aliphatic heterocycles. The van der Waals surface area contributed by atoms with Crippen molar-refractivity contribution in [3.8, 4) is 0 Å². The molecule has 3 rings (SSSR count). The molecule has 0 unspecified atom stereocenters. The van der Waals surface area contributed by atoms with E-state index < -0.39 is 0 Å². The first-order chi connectivity index (χ1) is 10.2. The molecular formula is C15H12BrN3OS. The van der Waals surface area contributed by atoms with Crippen LogP contribution < -0.4 is 5.32 Å². The zero-order valence-corrected chi connectivity index (χ0v) is 13.4. The fourth-order valence-corrected chi connectivity index (χ4v) is 3.28. The van der Waals surface area contributed by atoms with Crippen LogP contribution in [0, 0.1) is 0 Å². The van der Waals surface area contributed by atoms with Gasteiger partial charge in [0.2, 0.25) is 0 Å². The van der Waals surface area contributed by atoms with Crippen molar-refractivity contribution in [2.24, 2.45) is 0 Å². The molecule has 2 heterocycles. The Hall–Kier alpha value is -1.79. The third-order valence-corrected chi connectivity index (χ3v) is 4.46.